The second kappa shape index (κ2) is 8.07. The summed E-state index contributed by atoms with van der Waals surface area (Å²) in [6.07, 6.45) is 0.456. The molecule has 0 unspecified atom stereocenters. The molecular weight excluding hydrogens is 350 g/mol. The van der Waals surface area contributed by atoms with Crippen molar-refractivity contribution in [3.63, 3.8) is 0 Å². The number of nitrogens with one attached hydrogen (secondary N) is 1. The van der Waals surface area contributed by atoms with Crippen LogP contribution in [-0.4, -0.2) is 24.7 Å². The van der Waals surface area contributed by atoms with Gasteiger partial charge in [-0.1, -0.05) is 48.5 Å². The fraction of sp³-hybridized carbons (Fsp3) is 0.158. The molecule has 0 aliphatic carbocycles. The van der Waals surface area contributed by atoms with Crippen LogP contribution in [0.5, 0.6) is 0 Å². The second-order valence-corrected chi connectivity index (χ2v) is 7.48. The molecule has 0 bridgehead atoms. The number of hydrogen-bond acceptors (Lipinski definition) is 4. The standard InChI is InChI=1S/C19H19N3O3S/c23-19-13-12-18(16-8-3-1-4-9-16)21-22(19)15-7-14-20-26(24,25)17-10-5-2-6-11-17/h1-6,8-13,20H,7,14-15H2. The third kappa shape index (κ3) is 4.44. The Balaban J connectivity index is 1.63. The molecule has 0 amide bonds. The highest BCUT2D eigenvalue weighted by Crippen LogP contribution is 2.14. The molecule has 0 radical (unpaired) electrons. The van der Waals surface area contributed by atoms with Gasteiger partial charge in [-0.25, -0.2) is 17.8 Å². The summed E-state index contributed by atoms with van der Waals surface area (Å²) in [7, 11) is -3.53. The van der Waals surface area contributed by atoms with E-state index in [4.69, 9.17) is 0 Å². The first-order chi connectivity index (χ1) is 12.6. The first kappa shape index (κ1) is 18.0. The van der Waals surface area contributed by atoms with Crippen LogP contribution >= 0.6 is 0 Å². The molecule has 1 aromatic heterocycles. The molecule has 1 heterocycles. The van der Waals surface area contributed by atoms with Gasteiger partial charge < -0.3 is 0 Å². The SMILES string of the molecule is O=c1ccc(-c2ccccc2)nn1CCCNS(=O)(=O)c1ccccc1. The fourth-order valence-corrected chi connectivity index (χ4v) is 3.59. The maximum atomic E-state index is 12.2. The van der Waals surface area contributed by atoms with Crippen molar-refractivity contribution in [3.05, 3.63) is 83.2 Å². The Morgan fingerprint density at radius 2 is 1.54 bits per heavy atom. The maximum absolute atomic E-state index is 12.2. The molecule has 0 aliphatic heterocycles. The van der Waals surface area contributed by atoms with Gasteiger partial charge in [0.05, 0.1) is 10.6 Å². The number of nitrogens with zero attached hydrogens (tertiary/aromatic N) is 2. The average Bonchev–Trinajstić information content (AvgIpc) is 2.68. The van der Waals surface area contributed by atoms with Crippen molar-refractivity contribution in [2.45, 2.75) is 17.9 Å². The molecule has 0 aliphatic rings. The fourth-order valence-electron chi connectivity index (χ4n) is 2.49. The molecule has 0 fully saturated rings. The number of aryl methyl sites for hydroxylation is 1. The molecular formula is C19H19N3O3S. The van der Waals surface area contributed by atoms with E-state index in [1.807, 2.05) is 30.3 Å². The summed E-state index contributed by atoms with van der Waals surface area (Å²) in [5, 5.41) is 4.36. The molecule has 0 spiro atoms. The topological polar surface area (TPSA) is 81.1 Å². The Kier molecular flexibility index (Phi) is 5.60. The van der Waals surface area contributed by atoms with Crippen molar-refractivity contribution in [2.24, 2.45) is 0 Å². The molecule has 26 heavy (non-hydrogen) atoms. The molecule has 7 heteroatoms. The molecule has 6 nitrogen and oxygen atoms in total. The van der Waals surface area contributed by atoms with Gasteiger partial charge in [0.1, 0.15) is 0 Å². The van der Waals surface area contributed by atoms with Crippen molar-refractivity contribution >= 4 is 10.0 Å². The summed E-state index contributed by atoms with van der Waals surface area (Å²) in [5.74, 6) is 0. The van der Waals surface area contributed by atoms with Crippen molar-refractivity contribution in [3.8, 4) is 11.3 Å². The Hall–Kier alpha value is -2.77. The zero-order valence-corrected chi connectivity index (χ0v) is 14.9. The monoisotopic (exact) mass is 369 g/mol. The molecule has 1 N–H and O–H groups in total. The highest BCUT2D eigenvalue weighted by Gasteiger charge is 2.12. The summed E-state index contributed by atoms with van der Waals surface area (Å²) in [5.41, 5.74) is 1.41. The maximum Gasteiger partial charge on any atom is 0.266 e. The quantitative estimate of drug-likeness (QED) is 0.648. The van der Waals surface area contributed by atoms with Gasteiger partial charge in [0, 0.05) is 24.7 Å². The van der Waals surface area contributed by atoms with Gasteiger partial charge in [0.25, 0.3) is 5.56 Å². The average molecular weight is 369 g/mol. The number of rotatable bonds is 7. The van der Waals surface area contributed by atoms with Crippen LogP contribution < -0.4 is 10.3 Å². The number of hydrogen-bond donors (Lipinski definition) is 1. The van der Waals surface area contributed by atoms with E-state index in [9.17, 15) is 13.2 Å². The van der Waals surface area contributed by atoms with Gasteiger partial charge in [0.15, 0.2) is 0 Å². The molecule has 0 atom stereocenters. The number of sulfonamides is 1. The van der Waals surface area contributed by atoms with E-state index < -0.39 is 10.0 Å². The lowest BCUT2D eigenvalue weighted by Crippen LogP contribution is -2.28. The van der Waals surface area contributed by atoms with Crippen LogP contribution in [0.4, 0.5) is 0 Å². The Morgan fingerprint density at radius 1 is 0.885 bits per heavy atom. The Bertz CT molecular complexity index is 1020. The van der Waals surface area contributed by atoms with Crippen molar-refractivity contribution in [1.29, 1.82) is 0 Å². The van der Waals surface area contributed by atoms with Gasteiger partial charge >= 0.3 is 0 Å². The molecule has 0 saturated carbocycles. The molecule has 134 valence electrons. The second-order valence-electron chi connectivity index (χ2n) is 5.71. The third-order valence-electron chi connectivity index (χ3n) is 3.83. The van der Waals surface area contributed by atoms with E-state index in [1.54, 1.807) is 24.3 Å². The molecule has 3 rings (SSSR count). The van der Waals surface area contributed by atoms with Crippen LogP contribution in [0, 0.1) is 0 Å². The van der Waals surface area contributed by atoms with Crippen molar-refractivity contribution in [2.75, 3.05) is 6.54 Å². The van der Waals surface area contributed by atoms with Gasteiger partial charge in [-0.15, -0.1) is 0 Å². The van der Waals surface area contributed by atoms with Crippen molar-refractivity contribution in [1.82, 2.24) is 14.5 Å². The van der Waals surface area contributed by atoms with Gasteiger partial charge in [-0.2, -0.15) is 5.10 Å². The largest absolute Gasteiger partial charge is 0.268 e. The lowest BCUT2D eigenvalue weighted by molar-refractivity contribution is 0.537. The smallest absolute Gasteiger partial charge is 0.266 e. The highest BCUT2D eigenvalue weighted by molar-refractivity contribution is 7.89. The van der Waals surface area contributed by atoms with Crippen LogP contribution in [0.15, 0.2) is 82.5 Å². The highest BCUT2D eigenvalue weighted by atomic mass is 32.2. The van der Waals surface area contributed by atoms with E-state index in [-0.39, 0.29) is 17.0 Å². The third-order valence-corrected chi connectivity index (χ3v) is 5.31. The molecule has 2 aromatic carbocycles. The first-order valence-corrected chi connectivity index (χ1v) is 9.73. The number of benzene rings is 2. The minimum Gasteiger partial charge on any atom is -0.268 e. The zero-order valence-electron chi connectivity index (χ0n) is 14.1. The Labute approximate surface area is 152 Å². The van der Waals surface area contributed by atoms with Gasteiger partial charge in [0.2, 0.25) is 10.0 Å². The first-order valence-electron chi connectivity index (χ1n) is 8.24. The molecule has 3 aromatic rings. The summed E-state index contributed by atoms with van der Waals surface area (Å²) in [4.78, 5) is 12.2. The summed E-state index contributed by atoms with van der Waals surface area (Å²) >= 11 is 0. The summed E-state index contributed by atoms with van der Waals surface area (Å²) < 4.78 is 28.2. The van der Waals surface area contributed by atoms with Crippen LogP contribution in [0.3, 0.4) is 0 Å². The van der Waals surface area contributed by atoms with E-state index in [2.05, 4.69) is 9.82 Å². The van der Waals surface area contributed by atoms with E-state index >= 15 is 0 Å². The minimum absolute atomic E-state index is 0.212. The lowest BCUT2D eigenvalue weighted by atomic mass is 10.1. The van der Waals surface area contributed by atoms with Crippen LogP contribution in [0.2, 0.25) is 0 Å². The van der Waals surface area contributed by atoms with Crippen LogP contribution in [0.1, 0.15) is 6.42 Å². The summed E-state index contributed by atoms with van der Waals surface area (Å²) in [6.45, 7) is 0.553. The predicted octanol–water partition coefficient (Wildman–Crippen LogP) is 2.28. The van der Waals surface area contributed by atoms with E-state index in [0.717, 1.165) is 5.56 Å². The van der Waals surface area contributed by atoms with E-state index in [1.165, 1.54) is 22.9 Å². The van der Waals surface area contributed by atoms with Gasteiger partial charge in [-0.05, 0) is 24.6 Å². The predicted molar refractivity (Wildman–Crippen MR) is 100 cm³/mol. The minimum atomic E-state index is -3.53. The van der Waals surface area contributed by atoms with Gasteiger partial charge in [-0.3, -0.25) is 4.79 Å². The zero-order chi connectivity index (χ0) is 18.4. The van der Waals surface area contributed by atoms with Crippen LogP contribution in [-0.2, 0) is 16.6 Å². The molecule has 0 saturated heterocycles. The summed E-state index contributed by atoms with van der Waals surface area (Å²) in [6, 6.07) is 20.9. The van der Waals surface area contributed by atoms with E-state index in [0.29, 0.717) is 18.7 Å². The number of aromatic nitrogens is 2. The van der Waals surface area contributed by atoms with Crippen molar-refractivity contribution < 1.29 is 8.42 Å². The Morgan fingerprint density at radius 3 is 2.23 bits per heavy atom. The van der Waals surface area contributed by atoms with Crippen LogP contribution in [0.25, 0.3) is 11.3 Å². The lowest BCUT2D eigenvalue weighted by Gasteiger charge is -2.09. The normalized spacial score (nSPS) is 11.4.